The van der Waals surface area contributed by atoms with Crippen molar-refractivity contribution < 1.29 is 18.7 Å². The average Bonchev–Trinajstić information content (AvgIpc) is 3.58. The number of esters is 1. The van der Waals surface area contributed by atoms with Crippen molar-refractivity contribution in [1.82, 2.24) is 14.6 Å². The fourth-order valence-corrected chi connectivity index (χ4v) is 4.41. The highest BCUT2D eigenvalue weighted by Crippen LogP contribution is 2.24. The number of hydrogen-bond donors (Lipinski definition) is 0. The quantitative estimate of drug-likeness (QED) is 0.318. The molecule has 0 aliphatic heterocycles. The van der Waals surface area contributed by atoms with E-state index in [1.165, 1.54) is 15.9 Å². The number of aromatic nitrogens is 3. The number of thiazole rings is 1. The molecule has 3 heterocycles. The van der Waals surface area contributed by atoms with Gasteiger partial charge in [-0.2, -0.15) is 9.50 Å². The fourth-order valence-electron chi connectivity index (χ4n) is 3.52. The normalized spacial score (nSPS) is 11.8. The smallest absolute Gasteiger partial charge is 0.338 e. The predicted octanol–water partition coefficient (Wildman–Crippen LogP) is 4.20. The van der Waals surface area contributed by atoms with Crippen molar-refractivity contribution in [2.45, 2.75) is 13.8 Å². The Bertz CT molecular complexity index is 1600. The molecule has 5 aromatic rings. The van der Waals surface area contributed by atoms with Gasteiger partial charge in [-0.05, 0) is 62.4 Å². The minimum absolute atomic E-state index is 0.258. The third-order valence-electron chi connectivity index (χ3n) is 5.19. The maximum Gasteiger partial charge on any atom is 0.338 e. The number of ether oxygens (including phenoxy) is 2. The first kappa shape index (κ1) is 22.5. The topological polar surface area (TPSA) is 95.9 Å². The lowest BCUT2D eigenvalue weighted by molar-refractivity contribution is 0.0526. The van der Waals surface area contributed by atoms with Gasteiger partial charge < -0.3 is 13.9 Å². The molecule has 0 fully saturated rings. The summed E-state index contributed by atoms with van der Waals surface area (Å²) in [6.45, 7) is 4.61. The summed E-state index contributed by atoms with van der Waals surface area (Å²) < 4.78 is 18.1. The van der Waals surface area contributed by atoms with Gasteiger partial charge in [-0.1, -0.05) is 23.5 Å². The van der Waals surface area contributed by atoms with Crippen molar-refractivity contribution in [3.05, 3.63) is 86.9 Å². The van der Waals surface area contributed by atoms with Crippen molar-refractivity contribution in [1.29, 1.82) is 0 Å². The molecule has 0 bridgehead atoms. The summed E-state index contributed by atoms with van der Waals surface area (Å²) in [5, 5.41) is 4.38. The van der Waals surface area contributed by atoms with E-state index in [9.17, 15) is 9.59 Å². The number of fused-ring (bicyclic) bond motifs is 1. The number of carbonyl (C=O) groups is 1. The van der Waals surface area contributed by atoms with Crippen LogP contribution in [0.2, 0.25) is 0 Å². The standard InChI is InChI=1S/C26H21N3O5S/c1-3-32-19-11-9-17(10-12-19)23-27-26-29(28-23)24(30)22(35-26)15-20-13-14-21(34-20)16-5-7-18(8-6-16)25(31)33-4-2/h5-15H,3-4H2,1-2H3. The summed E-state index contributed by atoms with van der Waals surface area (Å²) >= 11 is 1.25. The molecule has 0 aliphatic rings. The van der Waals surface area contributed by atoms with E-state index in [-0.39, 0.29) is 11.5 Å². The van der Waals surface area contributed by atoms with Gasteiger partial charge in [0.05, 0.1) is 18.8 Å². The van der Waals surface area contributed by atoms with Gasteiger partial charge in [0.2, 0.25) is 4.96 Å². The first-order chi connectivity index (χ1) is 17.1. The molecule has 35 heavy (non-hydrogen) atoms. The molecule has 0 unspecified atom stereocenters. The van der Waals surface area contributed by atoms with E-state index >= 15 is 0 Å². The highest BCUT2D eigenvalue weighted by atomic mass is 32.1. The Morgan fingerprint density at radius 2 is 1.74 bits per heavy atom. The first-order valence-electron chi connectivity index (χ1n) is 11.1. The molecule has 0 aliphatic carbocycles. The number of nitrogens with zero attached hydrogens (tertiary/aromatic N) is 3. The van der Waals surface area contributed by atoms with Gasteiger partial charge in [-0.25, -0.2) is 4.79 Å². The van der Waals surface area contributed by atoms with Gasteiger partial charge in [-0.15, -0.1) is 5.10 Å². The van der Waals surface area contributed by atoms with Crippen LogP contribution in [0, 0.1) is 0 Å². The molecule has 9 heteroatoms. The van der Waals surface area contributed by atoms with Crippen molar-refractivity contribution in [3.8, 4) is 28.5 Å². The van der Waals surface area contributed by atoms with Gasteiger partial charge in [0.15, 0.2) is 5.82 Å². The first-order valence-corrected chi connectivity index (χ1v) is 11.9. The summed E-state index contributed by atoms with van der Waals surface area (Å²) in [5.74, 6) is 2.04. The van der Waals surface area contributed by atoms with Crippen LogP contribution in [-0.2, 0) is 4.74 Å². The summed E-state index contributed by atoms with van der Waals surface area (Å²) in [6, 6.07) is 18.0. The number of furan rings is 1. The number of carbonyl (C=O) groups excluding carboxylic acids is 1. The van der Waals surface area contributed by atoms with E-state index in [1.54, 1.807) is 43.3 Å². The zero-order valence-electron chi connectivity index (χ0n) is 19.1. The minimum atomic E-state index is -0.363. The van der Waals surface area contributed by atoms with Crippen molar-refractivity contribution in [3.63, 3.8) is 0 Å². The third kappa shape index (κ3) is 4.58. The second kappa shape index (κ2) is 9.55. The average molecular weight is 488 g/mol. The second-order valence-corrected chi connectivity index (χ2v) is 8.51. The van der Waals surface area contributed by atoms with Crippen LogP contribution in [0.3, 0.4) is 0 Å². The molecule has 0 N–H and O–H groups in total. The minimum Gasteiger partial charge on any atom is -0.494 e. The Labute approximate surface area is 204 Å². The van der Waals surface area contributed by atoms with Gasteiger partial charge in [0, 0.05) is 17.2 Å². The van der Waals surface area contributed by atoms with E-state index in [4.69, 9.17) is 13.9 Å². The number of hydrogen-bond acceptors (Lipinski definition) is 8. The van der Waals surface area contributed by atoms with Crippen LogP contribution in [0.25, 0.3) is 33.7 Å². The Balaban J connectivity index is 1.39. The molecule has 176 valence electrons. The molecule has 0 saturated heterocycles. The molecule has 2 aromatic carbocycles. The Morgan fingerprint density at radius 1 is 1.00 bits per heavy atom. The van der Waals surface area contributed by atoms with Crippen LogP contribution in [-0.4, -0.2) is 33.8 Å². The van der Waals surface area contributed by atoms with Crippen molar-refractivity contribution in [2.24, 2.45) is 0 Å². The molecule has 5 rings (SSSR count). The highest BCUT2D eigenvalue weighted by Gasteiger charge is 2.13. The van der Waals surface area contributed by atoms with Gasteiger partial charge in [0.1, 0.15) is 21.8 Å². The van der Waals surface area contributed by atoms with Crippen LogP contribution in [0.4, 0.5) is 0 Å². The van der Waals surface area contributed by atoms with E-state index in [0.717, 1.165) is 16.9 Å². The lowest BCUT2D eigenvalue weighted by Gasteiger charge is -2.02. The summed E-state index contributed by atoms with van der Waals surface area (Å²) in [6.07, 6.45) is 1.68. The third-order valence-corrected chi connectivity index (χ3v) is 6.15. The zero-order valence-corrected chi connectivity index (χ0v) is 19.9. The largest absolute Gasteiger partial charge is 0.494 e. The molecule has 0 amide bonds. The molecular weight excluding hydrogens is 466 g/mol. The van der Waals surface area contributed by atoms with Crippen LogP contribution in [0.1, 0.15) is 30.0 Å². The van der Waals surface area contributed by atoms with Gasteiger partial charge >= 0.3 is 5.97 Å². The lowest BCUT2D eigenvalue weighted by Crippen LogP contribution is -2.23. The lowest BCUT2D eigenvalue weighted by atomic mass is 10.1. The molecule has 0 spiro atoms. The number of benzene rings is 2. The number of rotatable bonds is 7. The molecule has 0 radical (unpaired) electrons. The molecular formula is C26H21N3O5S. The maximum atomic E-state index is 12.9. The molecule has 3 aromatic heterocycles. The van der Waals surface area contributed by atoms with E-state index in [1.807, 2.05) is 37.3 Å². The van der Waals surface area contributed by atoms with Crippen LogP contribution in [0.5, 0.6) is 5.75 Å². The van der Waals surface area contributed by atoms with E-state index < -0.39 is 0 Å². The van der Waals surface area contributed by atoms with Gasteiger partial charge in [-0.3, -0.25) is 4.79 Å². The summed E-state index contributed by atoms with van der Waals surface area (Å²) in [4.78, 5) is 29.7. The Morgan fingerprint density at radius 3 is 2.43 bits per heavy atom. The highest BCUT2D eigenvalue weighted by molar-refractivity contribution is 7.15. The molecule has 0 atom stereocenters. The predicted molar refractivity (Wildman–Crippen MR) is 133 cm³/mol. The summed E-state index contributed by atoms with van der Waals surface area (Å²) in [5.41, 5.74) is 1.83. The maximum absolute atomic E-state index is 12.9. The van der Waals surface area contributed by atoms with Crippen molar-refractivity contribution in [2.75, 3.05) is 13.2 Å². The monoisotopic (exact) mass is 487 g/mol. The van der Waals surface area contributed by atoms with Crippen LogP contribution < -0.4 is 14.8 Å². The van der Waals surface area contributed by atoms with Crippen LogP contribution in [0.15, 0.2) is 69.9 Å². The Hall–Kier alpha value is -4.24. The SMILES string of the molecule is CCOC(=O)c1ccc(-c2ccc(C=c3sc4nc(-c5ccc(OCC)cc5)nn4c3=O)o2)cc1. The van der Waals surface area contributed by atoms with Gasteiger partial charge in [0.25, 0.3) is 5.56 Å². The zero-order chi connectivity index (χ0) is 24.4. The van der Waals surface area contributed by atoms with E-state index in [2.05, 4.69) is 10.1 Å². The molecule has 0 saturated carbocycles. The Kier molecular flexibility index (Phi) is 6.15. The second-order valence-electron chi connectivity index (χ2n) is 7.50. The fraction of sp³-hybridized carbons (Fsp3) is 0.154. The summed E-state index contributed by atoms with van der Waals surface area (Å²) in [7, 11) is 0. The van der Waals surface area contributed by atoms with Crippen molar-refractivity contribution >= 4 is 28.3 Å². The van der Waals surface area contributed by atoms with E-state index in [0.29, 0.717) is 45.6 Å². The molecule has 8 nitrogen and oxygen atoms in total. The van der Waals surface area contributed by atoms with Crippen LogP contribution >= 0.6 is 11.3 Å².